The van der Waals surface area contributed by atoms with Crippen molar-refractivity contribution in [2.45, 2.75) is 20.5 Å². The minimum Gasteiger partial charge on any atom is -0.489 e. The van der Waals surface area contributed by atoms with Gasteiger partial charge in [-0.15, -0.1) is 0 Å². The maximum atomic E-state index is 13.0. The zero-order chi connectivity index (χ0) is 20.3. The first-order chi connectivity index (χ1) is 13.4. The smallest absolute Gasteiger partial charge is 0.342 e. The van der Waals surface area contributed by atoms with Gasteiger partial charge in [0.1, 0.15) is 29.4 Å². The van der Waals surface area contributed by atoms with Gasteiger partial charge in [0.15, 0.2) is 0 Å². The molecule has 0 amide bonds. The summed E-state index contributed by atoms with van der Waals surface area (Å²) in [5.74, 6) is -0.638. The van der Waals surface area contributed by atoms with Crippen molar-refractivity contribution < 1.29 is 23.5 Å². The van der Waals surface area contributed by atoms with E-state index < -0.39 is 5.97 Å². The SMILES string of the molecule is COC(=O)c1c(-c2cccc(OCc3ccc(F)cc3)c2)nn(C(C)=O)c1C. The molecule has 3 aromatic rings. The number of rotatable bonds is 5. The van der Waals surface area contributed by atoms with Crippen LogP contribution in [0.2, 0.25) is 0 Å². The number of hydrogen-bond donors (Lipinski definition) is 0. The molecule has 0 N–H and O–H groups in total. The Morgan fingerprint density at radius 2 is 1.86 bits per heavy atom. The van der Waals surface area contributed by atoms with Crippen LogP contribution in [0.5, 0.6) is 5.75 Å². The largest absolute Gasteiger partial charge is 0.489 e. The van der Waals surface area contributed by atoms with E-state index in [1.807, 2.05) is 0 Å². The lowest BCUT2D eigenvalue weighted by molar-refractivity contribution is 0.0600. The molecule has 0 fully saturated rings. The molecule has 0 spiro atoms. The van der Waals surface area contributed by atoms with Crippen LogP contribution in [0, 0.1) is 12.7 Å². The Morgan fingerprint density at radius 1 is 1.14 bits per heavy atom. The van der Waals surface area contributed by atoms with Gasteiger partial charge < -0.3 is 9.47 Å². The summed E-state index contributed by atoms with van der Waals surface area (Å²) in [7, 11) is 1.28. The molecule has 2 aromatic carbocycles. The number of aromatic nitrogens is 2. The van der Waals surface area contributed by atoms with Crippen LogP contribution in [0.4, 0.5) is 4.39 Å². The zero-order valence-electron chi connectivity index (χ0n) is 15.7. The standard InChI is InChI=1S/C21H19FN2O4/c1-13-19(21(26)27-3)20(23-24(13)14(2)25)16-5-4-6-18(11-16)28-12-15-7-9-17(22)10-8-15/h4-11H,12H2,1-3H3. The molecule has 7 heteroatoms. The maximum Gasteiger partial charge on any atom is 0.342 e. The minimum atomic E-state index is -0.572. The predicted molar refractivity (Wildman–Crippen MR) is 101 cm³/mol. The summed E-state index contributed by atoms with van der Waals surface area (Å²) in [5.41, 5.74) is 2.41. The van der Waals surface area contributed by atoms with E-state index in [-0.39, 0.29) is 23.9 Å². The molecule has 1 heterocycles. The molecular weight excluding hydrogens is 363 g/mol. The highest BCUT2D eigenvalue weighted by Gasteiger charge is 2.24. The van der Waals surface area contributed by atoms with E-state index in [2.05, 4.69) is 5.10 Å². The van der Waals surface area contributed by atoms with Crippen LogP contribution in [0.3, 0.4) is 0 Å². The van der Waals surface area contributed by atoms with E-state index in [9.17, 15) is 14.0 Å². The summed E-state index contributed by atoms with van der Waals surface area (Å²) in [5, 5.41) is 4.29. The van der Waals surface area contributed by atoms with Crippen LogP contribution < -0.4 is 4.74 Å². The molecular formula is C21H19FN2O4. The van der Waals surface area contributed by atoms with Crippen molar-refractivity contribution in [3.05, 3.63) is 71.2 Å². The molecule has 0 aliphatic heterocycles. The van der Waals surface area contributed by atoms with Crippen molar-refractivity contribution in [3.63, 3.8) is 0 Å². The summed E-state index contributed by atoms with van der Waals surface area (Å²) < 4.78 is 24.8. The first-order valence-corrected chi connectivity index (χ1v) is 8.57. The molecule has 0 saturated heterocycles. The summed E-state index contributed by atoms with van der Waals surface area (Å²) >= 11 is 0. The van der Waals surface area contributed by atoms with Crippen molar-refractivity contribution in [2.24, 2.45) is 0 Å². The zero-order valence-corrected chi connectivity index (χ0v) is 15.7. The lowest BCUT2D eigenvalue weighted by atomic mass is 10.1. The fourth-order valence-corrected chi connectivity index (χ4v) is 2.84. The van der Waals surface area contributed by atoms with Crippen LogP contribution in [-0.4, -0.2) is 28.8 Å². The average Bonchev–Trinajstić information content (AvgIpc) is 3.04. The van der Waals surface area contributed by atoms with Gasteiger partial charge in [0.2, 0.25) is 5.91 Å². The number of ether oxygens (including phenoxy) is 2. The summed E-state index contributed by atoms with van der Waals surface area (Å²) in [6, 6.07) is 13.0. The van der Waals surface area contributed by atoms with E-state index >= 15 is 0 Å². The molecule has 0 radical (unpaired) electrons. The molecule has 1 aromatic heterocycles. The molecule has 0 atom stereocenters. The van der Waals surface area contributed by atoms with Gasteiger partial charge in [-0.3, -0.25) is 4.79 Å². The van der Waals surface area contributed by atoms with E-state index in [1.165, 1.54) is 30.8 Å². The topological polar surface area (TPSA) is 70.4 Å². The van der Waals surface area contributed by atoms with Gasteiger partial charge in [-0.2, -0.15) is 5.10 Å². The van der Waals surface area contributed by atoms with Crippen LogP contribution in [0.15, 0.2) is 48.5 Å². The van der Waals surface area contributed by atoms with E-state index in [4.69, 9.17) is 9.47 Å². The first-order valence-electron chi connectivity index (χ1n) is 8.57. The fourth-order valence-electron chi connectivity index (χ4n) is 2.84. The number of halogens is 1. The Kier molecular flexibility index (Phi) is 5.54. The summed E-state index contributed by atoms with van der Waals surface area (Å²) in [4.78, 5) is 24.1. The third-order valence-electron chi connectivity index (χ3n) is 4.23. The van der Waals surface area contributed by atoms with Gasteiger partial charge in [-0.25, -0.2) is 13.9 Å². The highest BCUT2D eigenvalue weighted by Crippen LogP contribution is 2.29. The Labute approximate surface area is 161 Å². The van der Waals surface area contributed by atoms with Crippen LogP contribution in [0.25, 0.3) is 11.3 Å². The molecule has 28 heavy (non-hydrogen) atoms. The van der Waals surface area contributed by atoms with E-state index in [0.29, 0.717) is 22.7 Å². The third-order valence-corrected chi connectivity index (χ3v) is 4.23. The first kappa shape index (κ1) is 19.3. The van der Waals surface area contributed by atoms with Crippen molar-refractivity contribution >= 4 is 11.9 Å². The number of methoxy groups -OCH3 is 1. The number of nitrogens with zero attached hydrogens (tertiary/aromatic N) is 2. The second kappa shape index (κ2) is 8.04. The van der Waals surface area contributed by atoms with Crippen LogP contribution >= 0.6 is 0 Å². The van der Waals surface area contributed by atoms with E-state index in [1.54, 1.807) is 43.3 Å². The van der Waals surface area contributed by atoms with Crippen molar-refractivity contribution in [1.82, 2.24) is 9.78 Å². The van der Waals surface area contributed by atoms with Gasteiger partial charge in [-0.1, -0.05) is 24.3 Å². The van der Waals surface area contributed by atoms with Gasteiger partial charge in [0.05, 0.1) is 12.8 Å². The Balaban J connectivity index is 1.93. The monoisotopic (exact) mass is 382 g/mol. The molecule has 0 unspecified atom stereocenters. The van der Waals surface area contributed by atoms with Crippen molar-refractivity contribution in [1.29, 1.82) is 0 Å². The summed E-state index contributed by atoms with van der Waals surface area (Å²) in [6.07, 6.45) is 0. The summed E-state index contributed by atoms with van der Waals surface area (Å²) in [6.45, 7) is 3.26. The number of hydrogen-bond acceptors (Lipinski definition) is 5. The molecule has 6 nitrogen and oxygen atoms in total. The number of benzene rings is 2. The second-order valence-electron chi connectivity index (χ2n) is 6.17. The lowest BCUT2D eigenvalue weighted by Crippen LogP contribution is -2.11. The third kappa shape index (κ3) is 3.93. The molecule has 3 rings (SSSR count). The fraction of sp³-hybridized carbons (Fsp3) is 0.190. The number of carbonyl (C=O) groups excluding carboxylic acids is 2. The molecule has 144 valence electrons. The molecule has 0 aliphatic carbocycles. The van der Waals surface area contributed by atoms with Gasteiger partial charge in [-0.05, 0) is 36.8 Å². The highest BCUT2D eigenvalue weighted by molar-refractivity contribution is 5.98. The molecule has 0 bridgehead atoms. The van der Waals surface area contributed by atoms with Crippen molar-refractivity contribution in [2.75, 3.05) is 7.11 Å². The van der Waals surface area contributed by atoms with Crippen LogP contribution in [0.1, 0.15) is 33.3 Å². The van der Waals surface area contributed by atoms with Gasteiger partial charge in [0.25, 0.3) is 0 Å². The van der Waals surface area contributed by atoms with Crippen molar-refractivity contribution in [3.8, 4) is 17.0 Å². The average molecular weight is 382 g/mol. The highest BCUT2D eigenvalue weighted by atomic mass is 19.1. The maximum absolute atomic E-state index is 13.0. The molecule has 0 aliphatic rings. The number of esters is 1. The Bertz CT molecular complexity index is 1030. The Hall–Kier alpha value is -3.48. The van der Waals surface area contributed by atoms with Gasteiger partial charge >= 0.3 is 5.97 Å². The Morgan fingerprint density at radius 3 is 2.50 bits per heavy atom. The predicted octanol–water partition coefficient (Wildman–Crippen LogP) is 4.02. The number of carbonyl (C=O) groups is 2. The van der Waals surface area contributed by atoms with E-state index in [0.717, 1.165) is 5.56 Å². The normalized spacial score (nSPS) is 10.6. The quantitative estimate of drug-likeness (QED) is 0.623. The second-order valence-corrected chi connectivity index (χ2v) is 6.17. The minimum absolute atomic E-state index is 0.230. The molecule has 0 saturated carbocycles. The lowest BCUT2D eigenvalue weighted by Gasteiger charge is -2.08. The van der Waals surface area contributed by atoms with Gasteiger partial charge in [0, 0.05) is 12.5 Å². The van der Waals surface area contributed by atoms with Crippen LogP contribution in [-0.2, 0) is 11.3 Å².